The number of amides is 1. The summed E-state index contributed by atoms with van der Waals surface area (Å²) < 4.78 is 2.46. The Balaban J connectivity index is 1.72. The molecule has 0 atom stereocenters. The quantitative estimate of drug-likeness (QED) is 0.448. The number of hydrogen-bond donors (Lipinski definition) is 1. The van der Waals surface area contributed by atoms with Gasteiger partial charge >= 0.3 is 0 Å². The topological polar surface area (TPSA) is 59.8 Å². The average molecular weight is 426 g/mol. The van der Waals surface area contributed by atoms with E-state index in [0.717, 1.165) is 21.4 Å². The van der Waals surface area contributed by atoms with E-state index in [1.165, 1.54) is 11.3 Å². The molecule has 5 nitrogen and oxygen atoms in total. The van der Waals surface area contributed by atoms with Gasteiger partial charge in [-0.3, -0.25) is 9.48 Å². The third-order valence-corrected chi connectivity index (χ3v) is 6.12. The molecule has 9 heteroatoms. The number of hydrogen-bond acceptors (Lipinski definition) is 4. The lowest BCUT2D eigenvalue weighted by Crippen LogP contribution is -2.10. The maximum atomic E-state index is 12.7. The Morgan fingerprint density at radius 1 is 1.23 bits per heavy atom. The SMILES string of the molecule is Cc1nn(C)c2ncc(NC(=O)c3sc4cc(Cl)cc(Cl)c4c3Cl)cc12. The van der Waals surface area contributed by atoms with Crippen LogP contribution < -0.4 is 5.32 Å². The third-order valence-electron chi connectivity index (χ3n) is 3.98. The van der Waals surface area contributed by atoms with Crippen LogP contribution in [0.15, 0.2) is 24.4 Å². The van der Waals surface area contributed by atoms with Crippen LogP contribution >= 0.6 is 46.1 Å². The number of nitrogens with one attached hydrogen (secondary N) is 1. The fourth-order valence-corrected chi connectivity index (χ4v) is 5.10. The molecule has 0 aliphatic carbocycles. The summed E-state index contributed by atoms with van der Waals surface area (Å²) in [7, 11) is 1.83. The standard InChI is InChI=1S/C17H11Cl3N4OS/c1-7-10-5-9(6-21-16(10)24(2)23-7)22-17(25)15-14(20)13-11(19)3-8(18)4-12(13)26-15/h3-6H,1-2H3,(H,22,25). The monoisotopic (exact) mass is 424 g/mol. The Bertz CT molecular complexity index is 1200. The van der Waals surface area contributed by atoms with Gasteiger partial charge in [-0.2, -0.15) is 5.10 Å². The van der Waals surface area contributed by atoms with E-state index >= 15 is 0 Å². The van der Waals surface area contributed by atoms with Gasteiger partial charge in [-0.1, -0.05) is 34.8 Å². The second-order valence-corrected chi connectivity index (χ2v) is 8.04. The van der Waals surface area contributed by atoms with Crippen molar-refractivity contribution in [3.8, 4) is 0 Å². The van der Waals surface area contributed by atoms with E-state index in [4.69, 9.17) is 34.8 Å². The molecule has 0 fully saturated rings. The highest BCUT2D eigenvalue weighted by molar-refractivity contribution is 7.21. The second kappa shape index (κ2) is 6.39. The summed E-state index contributed by atoms with van der Waals surface area (Å²) in [6, 6.07) is 5.19. The number of rotatable bonds is 2. The smallest absolute Gasteiger partial charge is 0.267 e. The summed E-state index contributed by atoms with van der Waals surface area (Å²) >= 11 is 19.9. The number of fused-ring (bicyclic) bond motifs is 2. The Morgan fingerprint density at radius 3 is 2.77 bits per heavy atom. The summed E-state index contributed by atoms with van der Waals surface area (Å²) in [5.74, 6) is -0.328. The molecule has 0 aliphatic heterocycles. The first kappa shape index (κ1) is 17.5. The van der Waals surface area contributed by atoms with Gasteiger partial charge in [0.25, 0.3) is 5.91 Å². The van der Waals surface area contributed by atoms with Crippen molar-refractivity contribution in [3.05, 3.63) is 50.0 Å². The minimum Gasteiger partial charge on any atom is -0.320 e. The molecule has 4 rings (SSSR count). The predicted molar refractivity (Wildman–Crippen MR) is 108 cm³/mol. The number of pyridine rings is 1. The molecule has 0 unspecified atom stereocenters. The molecular weight excluding hydrogens is 415 g/mol. The lowest BCUT2D eigenvalue weighted by atomic mass is 10.2. The summed E-state index contributed by atoms with van der Waals surface area (Å²) in [4.78, 5) is 17.4. The zero-order chi connectivity index (χ0) is 18.6. The van der Waals surface area contributed by atoms with E-state index < -0.39 is 0 Å². The van der Waals surface area contributed by atoms with Crippen LogP contribution in [0.25, 0.3) is 21.1 Å². The van der Waals surface area contributed by atoms with Crippen LogP contribution in [0, 0.1) is 6.92 Å². The minimum atomic E-state index is -0.328. The molecule has 1 aromatic carbocycles. The number of nitrogens with zero attached hydrogens (tertiary/aromatic N) is 3. The van der Waals surface area contributed by atoms with E-state index in [-0.39, 0.29) is 5.91 Å². The molecule has 0 bridgehead atoms. The van der Waals surface area contributed by atoms with Gasteiger partial charge in [0.2, 0.25) is 0 Å². The Kier molecular flexibility index (Phi) is 4.31. The maximum absolute atomic E-state index is 12.7. The van der Waals surface area contributed by atoms with Crippen LogP contribution in [-0.2, 0) is 7.05 Å². The summed E-state index contributed by atoms with van der Waals surface area (Å²) in [5, 5.41) is 9.89. The number of benzene rings is 1. The molecule has 1 N–H and O–H groups in total. The summed E-state index contributed by atoms with van der Waals surface area (Å²) in [5.41, 5.74) is 2.16. The maximum Gasteiger partial charge on any atom is 0.267 e. The van der Waals surface area contributed by atoms with E-state index in [2.05, 4.69) is 15.4 Å². The second-order valence-electron chi connectivity index (χ2n) is 5.76. The Morgan fingerprint density at radius 2 is 2.00 bits per heavy atom. The van der Waals surface area contributed by atoms with Crippen molar-refractivity contribution < 1.29 is 4.79 Å². The van der Waals surface area contributed by atoms with Crippen molar-refractivity contribution in [2.45, 2.75) is 6.92 Å². The van der Waals surface area contributed by atoms with Gasteiger partial charge in [0, 0.05) is 27.5 Å². The molecule has 4 aromatic rings. The van der Waals surface area contributed by atoms with Gasteiger partial charge < -0.3 is 5.32 Å². The van der Waals surface area contributed by atoms with Gasteiger partial charge in [-0.05, 0) is 25.1 Å². The molecule has 0 radical (unpaired) electrons. The average Bonchev–Trinajstić information content (AvgIpc) is 3.04. The molecule has 0 saturated carbocycles. The van der Waals surface area contributed by atoms with Gasteiger partial charge in [-0.15, -0.1) is 11.3 Å². The van der Waals surface area contributed by atoms with Crippen LogP contribution in [0.3, 0.4) is 0 Å². The molecular formula is C17H11Cl3N4OS. The number of carbonyl (C=O) groups excluding carboxylic acids is 1. The molecule has 0 saturated heterocycles. The van der Waals surface area contributed by atoms with E-state index in [1.54, 1.807) is 23.0 Å². The molecule has 0 aliphatic rings. The zero-order valence-corrected chi connectivity index (χ0v) is 16.7. The van der Waals surface area contributed by atoms with Crippen LogP contribution in [0.2, 0.25) is 15.1 Å². The molecule has 132 valence electrons. The lowest BCUT2D eigenvalue weighted by molar-refractivity contribution is 0.103. The van der Waals surface area contributed by atoms with Crippen LogP contribution in [-0.4, -0.2) is 20.7 Å². The summed E-state index contributed by atoms with van der Waals surface area (Å²) in [6.07, 6.45) is 1.59. The van der Waals surface area contributed by atoms with Gasteiger partial charge in [0.05, 0.1) is 27.6 Å². The Hall–Kier alpha value is -1.86. The van der Waals surface area contributed by atoms with E-state index in [9.17, 15) is 4.79 Å². The number of carbonyl (C=O) groups is 1. The van der Waals surface area contributed by atoms with Crippen molar-refractivity contribution in [2.75, 3.05) is 5.32 Å². The van der Waals surface area contributed by atoms with Crippen LogP contribution in [0.1, 0.15) is 15.4 Å². The molecule has 1 amide bonds. The first-order valence-corrected chi connectivity index (χ1v) is 9.48. The Labute approximate surface area is 167 Å². The highest BCUT2D eigenvalue weighted by Gasteiger charge is 2.20. The van der Waals surface area contributed by atoms with Gasteiger partial charge in [0.1, 0.15) is 4.88 Å². The fourth-order valence-electron chi connectivity index (χ4n) is 2.82. The number of aryl methyl sites for hydroxylation is 2. The molecule has 3 aromatic heterocycles. The minimum absolute atomic E-state index is 0.316. The summed E-state index contributed by atoms with van der Waals surface area (Å²) in [6.45, 7) is 1.89. The number of halogens is 3. The van der Waals surface area contributed by atoms with Crippen LogP contribution in [0.4, 0.5) is 5.69 Å². The van der Waals surface area contributed by atoms with Crippen molar-refractivity contribution >= 4 is 78.9 Å². The zero-order valence-electron chi connectivity index (χ0n) is 13.6. The lowest BCUT2D eigenvalue weighted by Gasteiger charge is -2.04. The largest absolute Gasteiger partial charge is 0.320 e. The van der Waals surface area contributed by atoms with E-state index in [1.807, 2.05) is 20.0 Å². The van der Waals surface area contributed by atoms with Crippen molar-refractivity contribution in [3.63, 3.8) is 0 Å². The number of aromatic nitrogens is 3. The van der Waals surface area contributed by atoms with Crippen molar-refractivity contribution in [2.24, 2.45) is 7.05 Å². The van der Waals surface area contributed by atoms with Gasteiger partial charge in [-0.25, -0.2) is 4.98 Å². The molecule has 3 heterocycles. The normalized spacial score (nSPS) is 11.4. The molecule has 0 spiro atoms. The van der Waals surface area contributed by atoms with Crippen molar-refractivity contribution in [1.82, 2.24) is 14.8 Å². The predicted octanol–water partition coefficient (Wildman–Crippen LogP) is 5.70. The van der Waals surface area contributed by atoms with Crippen LogP contribution in [0.5, 0.6) is 0 Å². The number of thiophene rings is 1. The molecule has 26 heavy (non-hydrogen) atoms. The number of anilines is 1. The first-order chi connectivity index (χ1) is 12.3. The third kappa shape index (κ3) is 2.83. The first-order valence-electron chi connectivity index (χ1n) is 7.53. The fraction of sp³-hybridized carbons (Fsp3) is 0.118. The highest BCUT2D eigenvalue weighted by atomic mass is 35.5. The van der Waals surface area contributed by atoms with Gasteiger partial charge in [0.15, 0.2) is 5.65 Å². The van der Waals surface area contributed by atoms with Crippen molar-refractivity contribution in [1.29, 1.82) is 0 Å². The van der Waals surface area contributed by atoms with E-state index in [0.29, 0.717) is 31.0 Å². The highest BCUT2D eigenvalue weighted by Crippen LogP contribution is 2.41.